The summed E-state index contributed by atoms with van der Waals surface area (Å²) in [7, 11) is 0. The van der Waals surface area contributed by atoms with E-state index in [2.05, 4.69) is 18.3 Å². The van der Waals surface area contributed by atoms with Crippen molar-refractivity contribution in [1.29, 1.82) is 0 Å². The zero-order valence-electron chi connectivity index (χ0n) is 8.76. The Bertz CT molecular complexity index is 300. The molecule has 0 saturated carbocycles. The van der Waals surface area contributed by atoms with Gasteiger partial charge in [-0.3, -0.25) is 5.01 Å². The Kier molecular flexibility index (Phi) is 7.13. The van der Waals surface area contributed by atoms with Gasteiger partial charge in [0, 0.05) is 0 Å². The van der Waals surface area contributed by atoms with Gasteiger partial charge in [-0.15, -0.1) is 13.2 Å². The quantitative estimate of drug-likeness (QED) is 0.251. The largest absolute Gasteiger partial charge is 0.321 e. The third kappa shape index (κ3) is 4.05. The van der Waals surface area contributed by atoms with Gasteiger partial charge in [0.1, 0.15) is 0 Å². The Morgan fingerprint density at radius 2 is 1.87 bits per heavy atom. The molecular weight excluding hydrogens is 208 g/mol. The first kappa shape index (κ1) is 13.5. The Labute approximate surface area is 94.6 Å². The molecule has 1 aromatic carbocycles. The van der Waals surface area contributed by atoms with E-state index in [1.165, 1.54) is 16.8 Å². The molecule has 0 radical (unpaired) electrons. The number of nitrogens with two attached hydrogens (primary N) is 2. The number of nitrogens with zero attached hydrogens (tertiary/aromatic N) is 2. The third-order valence-electron chi connectivity index (χ3n) is 1.53. The maximum atomic E-state index is 5.76. The number of para-hydroxylation sites is 1. The van der Waals surface area contributed by atoms with Crippen molar-refractivity contribution in [3.8, 4) is 0 Å². The Morgan fingerprint density at radius 3 is 2.27 bits per heavy atom. The van der Waals surface area contributed by atoms with Gasteiger partial charge in [-0.05, 0) is 18.4 Å². The zero-order chi connectivity index (χ0) is 11.7. The lowest BCUT2D eigenvalue weighted by atomic mass is 10.3. The average Bonchev–Trinajstić information content (AvgIpc) is 2.34. The highest BCUT2D eigenvalue weighted by Crippen LogP contribution is 2.13. The first-order valence-corrected chi connectivity index (χ1v) is 5.44. The molecule has 0 heterocycles. The molecule has 1 rings (SSSR count). The number of benzene rings is 1. The number of rotatable bonds is 1. The Hall–Kier alpha value is -1.46. The summed E-state index contributed by atoms with van der Waals surface area (Å²) in [6, 6.07) is 9.52. The van der Waals surface area contributed by atoms with Crippen molar-refractivity contribution in [3.63, 3.8) is 0 Å². The summed E-state index contributed by atoms with van der Waals surface area (Å²) < 4.78 is 0. The van der Waals surface area contributed by atoms with Crippen LogP contribution in [0.1, 0.15) is 0 Å². The monoisotopic (exact) mass is 224 g/mol. The molecule has 0 bridgehead atoms. The molecule has 0 amide bonds. The van der Waals surface area contributed by atoms with Crippen LogP contribution in [0.15, 0.2) is 48.6 Å². The van der Waals surface area contributed by atoms with E-state index >= 15 is 0 Å². The molecule has 1 aromatic rings. The molecule has 82 valence electrons. The molecule has 0 atom stereocenters. The van der Waals surface area contributed by atoms with Crippen molar-refractivity contribution >= 4 is 22.6 Å². The van der Waals surface area contributed by atoms with Crippen LogP contribution in [0.4, 0.5) is 5.69 Å². The molecule has 0 saturated heterocycles. The minimum absolute atomic E-state index is 0.575. The first-order chi connectivity index (χ1) is 7.29. The van der Waals surface area contributed by atoms with Gasteiger partial charge in [-0.2, -0.15) is 5.10 Å². The van der Waals surface area contributed by atoms with Gasteiger partial charge in [-0.1, -0.05) is 30.0 Å². The minimum Gasteiger partial charge on any atom is -0.321 e. The van der Waals surface area contributed by atoms with Gasteiger partial charge in [0.25, 0.3) is 0 Å². The van der Waals surface area contributed by atoms with E-state index in [-0.39, 0.29) is 0 Å². The summed E-state index contributed by atoms with van der Waals surface area (Å²) in [6.07, 6.45) is 1.87. The highest BCUT2D eigenvalue weighted by atomic mass is 32.2. The fraction of sp³-hybridized carbons (Fsp3) is 0.100. The molecule has 4 N–H and O–H groups in total. The lowest BCUT2D eigenvalue weighted by molar-refractivity contribution is 1.11. The van der Waals surface area contributed by atoms with Gasteiger partial charge in [0.05, 0.1) is 5.69 Å². The van der Waals surface area contributed by atoms with Crippen molar-refractivity contribution in [2.24, 2.45) is 16.8 Å². The van der Waals surface area contributed by atoms with Crippen molar-refractivity contribution in [3.05, 3.63) is 43.5 Å². The van der Waals surface area contributed by atoms with Crippen LogP contribution in [0.2, 0.25) is 0 Å². The number of anilines is 1. The summed E-state index contributed by atoms with van der Waals surface area (Å²) in [5, 5.41) is 5.59. The molecule has 0 spiro atoms. The summed E-state index contributed by atoms with van der Waals surface area (Å²) in [5.74, 6) is 10.9. The normalized spacial score (nSPS) is 10.1. The van der Waals surface area contributed by atoms with Crippen LogP contribution in [0, 0.1) is 0 Å². The fourth-order valence-electron chi connectivity index (χ4n) is 0.912. The number of thioether (sulfide) groups is 1. The van der Waals surface area contributed by atoms with Crippen molar-refractivity contribution in [1.82, 2.24) is 0 Å². The van der Waals surface area contributed by atoms with Gasteiger partial charge >= 0.3 is 0 Å². The van der Waals surface area contributed by atoms with Crippen molar-refractivity contribution in [2.75, 3.05) is 11.3 Å². The van der Waals surface area contributed by atoms with Gasteiger partial charge < -0.3 is 5.84 Å². The number of hydrazine groups is 1. The van der Waals surface area contributed by atoms with Crippen LogP contribution >= 0.6 is 11.8 Å². The molecule has 15 heavy (non-hydrogen) atoms. The topological polar surface area (TPSA) is 67.6 Å². The highest BCUT2D eigenvalue weighted by molar-refractivity contribution is 8.13. The van der Waals surface area contributed by atoms with Crippen molar-refractivity contribution in [2.45, 2.75) is 0 Å². The summed E-state index contributed by atoms with van der Waals surface area (Å²) >= 11 is 1.40. The Balaban J connectivity index is 0.000000921. The average molecular weight is 224 g/mol. The molecule has 0 fully saturated rings. The van der Waals surface area contributed by atoms with Gasteiger partial charge in [-0.25, -0.2) is 5.84 Å². The van der Waals surface area contributed by atoms with Crippen molar-refractivity contribution < 1.29 is 0 Å². The summed E-state index contributed by atoms with van der Waals surface area (Å²) in [4.78, 5) is 0. The van der Waals surface area contributed by atoms with E-state index in [9.17, 15) is 0 Å². The third-order valence-corrected chi connectivity index (χ3v) is 2.20. The maximum Gasteiger partial charge on any atom is 0.201 e. The predicted octanol–water partition coefficient (Wildman–Crippen LogP) is 1.76. The standard InChI is InChI=1S/C8H12N4S.C2H4/c1-13-8(11-9)12(10)7-5-3-2-4-6-7;1-2/h2-6H,9-10H2,1H3;1-2H2/b11-8+;. The van der Waals surface area contributed by atoms with Gasteiger partial charge in [0.15, 0.2) is 0 Å². The van der Waals surface area contributed by atoms with E-state index in [0.717, 1.165) is 5.69 Å². The van der Waals surface area contributed by atoms with Crippen LogP contribution in [-0.4, -0.2) is 11.4 Å². The van der Waals surface area contributed by atoms with Crippen LogP contribution < -0.4 is 16.7 Å². The number of hydrogen-bond donors (Lipinski definition) is 2. The first-order valence-electron chi connectivity index (χ1n) is 4.21. The fourth-order valence-corrected chi connectivity index (χ4v) is 1.32. The molecule has 0 aliphatic rings. The minimum atomic E-state index is 0.575. The Morgan fingerprint density at radius 1 is 1.33 bits per heavy atom. The lowest BCUT2D eigenvalue weighted by Gasteiger charge is -2.17. The van der Waals surface area contributed by atoms with E-state index in [1.807, 2.05) is 36.6 Å². The second kappa shape index (κ2) is 7.90. The number of hydrogen-bond acceptors (Lipinski definition) is 4. The van der Waals surface area contributed by atoms with Crippen LogP contribution in [0.5, 0.6) is 0 Å². The van der Waals surface area contributed by atoms with E-state index < -0.39 is 0 Å². The summed E-state index contributed by atoms with van der Waals surface area (Å²) in [5.41, 5.74) is 0.862. The molecular formula is C10H16N4S. The molecule has 0 aliphatic carbocycles. The van der Waals surface area contributed by atoms with Gasteiger partial charge in [0.2, 0.25) is 5.17 Å². The zero-order valence-corrected chi connectivity index (χ0v) is 9.57. The molecule has 4 nitrogen and oxygen atoms in total. The second-order valence-corrected chi connectivity index (χ2v) is 3.09. The second-order valence-electron chi connectivity index (χ2n) is 2.32. The van der Waals surface area contributed by atoms with E-state index in [4.69, 9.17) is 11.7 Å². The number of hydrazone groups is 1. The highest BCUT2D eigenvalue weighted by Gasteiger charge is 2.06. The lowest BCUT2D eigenvalue weighted by Crippen LogP contribution is -2.36. The van der Waals surface area contributed by atoms with E-state index in [1.54, 1.807) is 0 Å². The summed E-state index contributed by atoms with van der Waals surface area (Å²) in [6.45, 7) is 6.00. The maximum absolute atomic E-state index is 5.76. The van der Waals surface area contributed by atoms with Crippen LogP contribution in [0.3, 0.4) is 0 Å². The predicted molar refractivity (Wildman–Crippen MR) is 69.5 cm³/mol. The van der Waals surface area contributed by atoms with Crippen LogP contribution in [0.25, 0.3) is 0 Å². The van der Waals surface area contributed by atoms with E-state index in [0.29, 0.717) is 5.17 Å². The molecule has 5 heteroatoms. The number of amidine groups is 1. The molecule has 0 unspecified atom stereocenters. The van der Waals surface area contributed by atoms with Crippen LogP contribution in [-0.2, 0) is 0 Å². The molecule has 0 aromatic heterocycles. The molecule has 0 aliphatic heterocycles. The SMILES string of the molecule is C=C.CS/C(=N/N)N(N)c1ccccc1. The smallest absolute Gasteiger partial charge is 0.201 e.